The second-order valence-electron chi connectivity index (χ2n) is 7.36. The molecule has 0 bridgehead atoms. The third-order valence-corrected chi connectivity index (χ3v) is 5.57. The van der Waals surface area contributed by atoms with Gasteiger partial charge in [-0.15, -0.1) is 5.10 Å². The van der Waals surface area contributed by atoms with Crippen molar-refractivity contribution in [2.75, 3.05) is 36.0 Å². The average Bonchev–Trinajstić information content (AvgIpc) is 3.18. The molecule has 0 atom stereocenters. The Bertz CT molecular complexity index is 1180. The predicted octanol–water partition coefficient (Wildman–Crippen LogP) is 4.22. The van der Waals surface area contributed by atoms with E-state index in [9.17, 15) is 4.39 Å². The highest BCUT2D eigenvalue weighted by molar-refractivity contribution is 6.30. The van der Waals surface area contributed by atoms with Crippen LogP contribution in [0.1, 0.15) is 5.69 Å². The molecule has 0 N–H and O–H groups in total. The Labute approximate surface area is 178 Å². The lowest BCUT2D eigenvalue weighted by molar-refractivity contribution is 0.622. The van der Waals surface area contributed by atoms with Gasteiger partial charge >= 0.3 is 0 Å². The highest BCUT2D eigenvalue weighted by Gasteiger charge is 2.21. The molecule has 2 aromatic heterocycles. The molecule has 30 heavy (non-hydrogen) atoms. The molecule has 3 heterocycles. The first kappa shape index (κ1) is 18.8. The van der Waals surface area contributed by atoms with Crippen molar-refractivity contribution in [1.29, 1.82) is 0 Å². The van der Waals surface area contributed by atoms with Gasteiger partial charge in [-0.1, -0.05) is 11.6 Å². The molecule has 152 valence electrons. The maximum Gasteiger partial charge on any atom is 0.254 e. The van der Waals surface area contributed by atoms with Crippen LogP contribution in [-0.2, 0) is 0 Å². The zero-order chi connectivity index (χ0) is 20.7. The van der Waals surface area contributed by atoms with Crippen molar-refractivity contribution < 1.29 is 4.39 Å². The molecule has 1 aliphatic heterocycles. The maximum absolute atomic E-state index is 13.2. The lowest BCUT2D eigenvalue weighted by atomic mass is 10.2. The minimum Gasteiger partial charge on any atom is -0.368 e. The molecule has 0 radical (unpaired) electrons. The van der Waals surface area contributed by atoms with Crippen LogP contribution in [0, 0.1) is 12.7 Å². The van der Waals surface area contributed by atoms with Crippen molar-refractivity contribution in [3.8, 4) is 11.4 Å². The van der Waals surface area contributed by atoms with Gasteiger partial charge in [0.15, 0.2) is 5.82 Å². The zero-order valence-electron chi connectivity index (χ0n) is 16.5. The van der Waals surface area contributed by atoms with Crippen LogP contribution >= 0.6 is 11.6 Å². The lowest BCUT2D eigenvalue weighted by Crippen LogP contribution is -2.47. The second kappa shape index (κ2) is 7.57. The Morgan fingerprint density at radius 2 is 1.53 bits per heavy atom. The van der Waals surface area contributed by atoms with Crippen molar-refractivity contribution in [2.45, 2.75) is 6.92 Å². The summed E-state index contributed by atoms with van der Waals surface area (Å²) in [5.41, 5.74) is 2.83. The Morgan fingerprint density at radius 1 is 0.867 bits per heavy atom. The van der Waals surface area contributed by atoms with E-state index >= 15 is 0 Å². The molecule has 0 saturated carbocycles. The first-order chi connectivity index (χ1) is 14.6. The van der Waals surface area contributed by atoms with Crippen LogP contribution in [0.3, 0.4) is 0 Å². The summed E-state index contributed by atoms with van der Waals surface area (Å²) in [7, 11) is 0. The van der Waals surface area contributed by atoms with E-state index in [1.165, 1.54) is 12.1 Å². The molecule has 0 spiro atoms. The number of aryl methyl sites for hydroxylation is 1. The van der Waals surface area contributed by atoms with Crippen molar-refractivity contribution in [1.82, 2.24) is 19.6 Å². The Morgan fingerprint density at radius 3 is 2.23 bits per heavy atom. The highest BCUT2D eigenvalue weighted by atomic mass is 35.5. The molecular formula is C22H20ClFN6. The van der Waals surface area contributed by atoms with Crippen LogP contribution < -0.4 is 9.80 Å². The number of benzene rings is 2. The standard InChI is InChI=1S/C22H20ClFN6/c1-15-14-20(29-12-10-28(11-13-29)19-8-6-18(24)7-9-19)30-22(25-15)26-21(27-30)16-2-4-17(23)5-3-16/h2-9,14H,10-13H2,1H3. The Hall–Kier alpha value is -3.19. The summed E-state index contributed by atoms with van der Waals surface area (Å²) in [6, 6.07) is 16.2. The molecular weight excluding hydrogens is 403 g/mol. The highest BCUT2D eigenvalue weighted by Crippen LogP contribution is 2.24. The van der Waals surface area contributed by atoms with Crippen molar-refractivity contribution in [2.24, 2.45) is 0 Å². The van der Waals surface area contributed by atoms with Gasteiger partial charge in [-0.05, 0) is 55.5 Å². The van der Waals surface area contributed by atoms with Crippen LogP contribution in [0.15, 0.2) is 54.6 Å². The van der Waals surface area contributed by atoms with Gasteiger partial charge < -0.3 is 9.80 Å². The van der Waals surface area contributed by atoms with Gasteiger partial charge in [-0.3, -0.25) is 0 Å². The van der Waals surface area contributed by atoms with E-state index in [1.807, 2.05) is 53.9 Å². The normalized spacial score (nSPS) is 14.5. The van der Waals surface area contributed by atoms with Gasteiger partial charge in [0.1, 0.15) is 11.6 Å². The third-order valence-electron chi connectivity index (χ3n) is 5.32. The van der Waals surface area contributed by atoms with Crippen molar-refractivity contribution in [3.05, 3.63) is 71.1 Å². The molecule has 8 heteroatoms. The van der Waals surface area contributed by atoms with Gasteiger partial charge in [-0.2, -0.15) is 9.50 Å². The van der Waals surface area contributed by atoms with Crippen LogP contribution in [-0.4, -0.2) is 45.8 Å². The molecule has 0 amide bonds. The molecule has 0 unspecified atom stereocenters. The monoisotopic (exact) mass is 422 g/mol. The molecule has 1 fully saturated rings. The Kier molecular flexibility index (Phi) is 4.75. The fourth-order valence-corrected chi connectivity index (χ4v) is 3.89. The summed E-state index contributed by atoms with van der Waals surface area (Å²) in [4.78, 5) is 13.7. The Balaban J connectivity index is 1.43. The quantitative estimate of drug-likeness (QED) is 0.494. The van der Waals surface area contributed by atoms with E-state index < -0.39 is 0 Å². The molecule has 6 nitrogen and oxygen atoms in total. The number of fused-ring (bicyclic) bond motifs is 1. The van der Waals surface area contributed by atoms with Gasteiger partial charge in [-0.25, -0.2) is 9.37 Å². The minimum absolute atomic E-state index is 0.213. The summed E-state index contributed by atoms with van der Waals surface area (Å²) < 4.78 is 15.0. The average molecular weight is 423 g/mol. The van der Waals surface area contributed by atoms with E-state index in [1.54, 1.807) is 0 Å². The first-order valence-electron chi connectivity index (χ1n) is 9.83. The predicted molar refractivity (Wildman–Crippen MR) is 117 cm³/mol. The fraction of sp³-hybridized carbons (Fsp3) is 0.227. The molecule has 1 saturated heterocycles. The number of rotatable bonds is 3. The number of anilines is 2. The number of aromatic nitrogens is 4. The summed E-state index contributed by atoms with van der Waals surface area (Å²) >= 11 is 6.00. The van der Waals surface area contributed by atoms with Crippen LogP contribution in [0.2, 0.25) is 5.02 Å². The van der Waals surface area contributed by atoms with Gasteiger partial charge in [0.25, 0.3) is 5.78 Å². The molecule has 1 aliphatic rings. The number of nitrogens with zero attached hydrogens (tertiary/aromatic N) is 6. The smallest absolute Gasteiger partial charge is 0.254 e. The van der Waals surface area contributed by atoms with E-state index in [-0.39, 0.29) is 5.82 Å². The fourth-order valence-electron chi connectivity index (χ4n) is 3.76. The molecule has 5 rings (SSSR count). The van der Waals surface area contributed by atoms with Crippen LogP contribution in [0.5, 0.6) is 0 Å². The summed E-state index contributed by atoms with van der Waals surface area (Å²) in [5.74, 6) is 1.96. The first-order valence-corrected chi connectivity index (χ1v) is 10.2. The molecule has 4 aromatic rings. The van der Waals surface area contributed by atoms with E-state index in [0.717, 1.165) is 48.9 Å². The molecule has 0 aliphatic carbocycles. The van der Waals surface area contributed by atoms with Gasteiger partial charge in [0.2, 0.25) is 0 Å². The topological polar surface area (TPSA) is 49.6 Å². The van der Waals surface area contributed by atoms with E-state index in [0.29, 0.717) is 16.6 Å². The maximum atomic E-state index is 13.2. The summed E-state index contributed by atoms with van der Waals surface area (Å²) in [6.45, 7) is 5.30. The zero-order valence-corrected chi connectivity index (χ0v) is 17.2. The van der Waals surface area contributed by atoms with Crippen LogP contribution in [0.25, 0.3) is 17.2 Å². The molecule has 2 aromatic carbocycles. The lowest BCUT2D eigenvalue weighted by Gasteiger charge is -2.37. The van der Waals surface area contributed by atoms with Gasteiger partial charge in [0, 0.05) is 54.2 Å². The number of halogens is 2. The summed E-state index contributed by atoms with van der Waals surface area (Å²) in [6.07, 6.45) is 0. The minimum atomic E-state index is -0.213. The van der Waals surface area contributed by atoms with Crippen LogP contribution in [0.4, 0.5) is 15.9 Å². The number of hydrogen-bond donors (Lipinski definition) is 0. The van der Waals surface area contributed by atoms with Crippen molar-refractivity contribution >= 4 is 28.9 Å². The summed E-state index contributed by atoms with van der Waals surface area (Å²) in [5, 5.41) is 5.40. The van der Waals surface area contributed by atoms with Crippen molar-refractivity contribution in [3.63, 3.8) is 0 Å². The third kappa shape index (κ3) is 3.57. The largest absolute Gasteiger partial charge is 0.368 e. The second-order valence-corrected chi connectivity index (χ2v) is 7.80. The SMILES string of the molecule is Cc1cc(N2CCN(c3ccc(F)cc3)CC2)n2nc(-c3ccc(Cl)cc3)nc2n1. The van der Waals surface area contributed by atoms with E-state index in [4.69, 9.17) is 16.7 Å². The van der Waals surface area contributed by atoms with E-state index in [2.05, 4.69) is 19.8 Å². The number of piperazine rings is 1. The number of hydrogen-bond acceptors (Lipinski definition) is 5. The van der Waals surface area contributed by atoms with Gasteiger partial charge in [0.05, 0.1) is 0 Å².